The molecule has 6 nitrogen and oxygen atoms in total. The zero-order valence-electron chi connectivity index (χ0n) is 16.8. The molecule has 2 aromatic rings. The highest BCUT2D eigenvalue weighted by molar-refractivity contribution is 5.92. The molecule has 28 heavy (non-hydrogen) atoms. The van der Waals surface area contributed by atoms with E-state index < -0.39 is 0 Å². The fourth-order valence-electron chi connectivity index (χ4n) is 3.05. The zero-order chi connectivity index (χ0) is 20.1. The van der Waals surface area contributed by atoms with Crippen LogP contribution in [0.3, 0.4) is 0 Å². The third-order valence-electron chi connectivity index (χ3n) is 4.96. The summed E-state index contributed by atoms with van der Waals surface area (Å²) in [5.74, 6) is 0.112. The van der Waals surface area contributed by atoms with Gasteiger partial charge in [-0.25, -0.2) is 0 Å². The molecule has 0 spiro atoms. The van der Waals surface area contributed by atoms with Gasteiger partial charge in [-0.1, -0.05) is 29.8 Å². The number of aryl methyl sites for hydroxylation is 2. The molecule has 0 aliphatic heterocycles. The summed E-state index contributed by atoms with van der Waals surface area (Å²) in [7, 11) is 0. The smallest absolute Gasteiger partial charge is 0.244 e. The molecule has 1 heterocycles. The van der Waals surface area contributed by atoms with Gasteiger partial charge in [-0.3, -0.25) is 14.3 Å². The Morgan fingerprint density at radius 3 is 2.46 bits per heavy atom. The minimum atomic E-state index is -0.175. The Hall–Kier alpha value is -2.89. The largest absolute Gasteiger partial charge is 0.354 e. The lowest BCUT2D eigenvalue weighted by molar-refractivity contribution is -0.122. The van der Waals surface area contributed by atoms with Gasteiger partial charge in [0.1, 0.15) is 0 Å². The van der Waals surface area contributed by atoms with Gasteiger partial charge >= 0.3 is 0 Å². The van der Waals surface area contributed by atoms with Gasteiger partial charge in [-0.2, -0.15) is 5.10 Å². The summed E-state index contributed by atoms with van der Waals surface area (Å²) in [6.45, 7) is 7.62. The number of benzene rings is 1. The molecule has 2 amide bonds. The molecule has 6 heteroatoms. The third-order valence-corrected chi connectivity index (χ3v) is 4.96. The molecular weight excluding hydrogens is 352 g/mol. The minimum absolute atomic E-state index is 0.0945. The molecule has 1 aliphatic carbocycles. The molecule has 2 N–H and O–H groups in total. The molecule has 1 fully saturated rings. The number of hydrogen-bond acceptors (Lipinski definition) is 3. The predicted molar refractivity (Wildman–Crippen MR) is 110 cm³/mol. The van der Waals surface area contributed by atoms with E-state index >= 15 is 0 Å². The first-order valence-corrected chi connectivity index (χ1v) is 9.77. The van der Waals surface area contributed by atoms with Crippen LogP contribution >= 0.6 is 0 Å². The Morgan fingerprint density at radius 1 is 1.11 bits per heavy atom. The van der Waals surface area contributed by atoms with E-state index in [1.54, 1.807) is 6.08 Å². The number of nitrogens with one attached hydrogen (secondary N) is 2. The summed E-state index contributed by atoms with van der Waals surface area (Å²) in [5, 5.41) is 10.2. The van der Waals surface area contributed by atoms with Crippen LogP contribution in [-0.2, 0) is 16.1 Å². The molecule has 0 atom stereocenters. The van der Waals surface area contributed by atoms with Gasteiger partial charge in [0.25, 0.3) is 0 Å². The van der Waals surface area contributed by atoms with Crippen molar-refractivity contribution in [3.8, 4) is 0 Å². The lowest BCUT2D eigenvalue weighted by atomic mass is 10.1. The molecule has 1 aromatic heterocycles. The number of carbonyl (C=O) groups excluding carboxylic acids is 2. The van der Waals surface area contributed by atoms with Gasteiger partial charge in [-0.05, 0) is 45.3 Å². The second-order valence-corrected chi connectivity index (χ2v) is 7.42. The first-order valence-electron chi connectivity index (χ1n) is 9.77. The van der Waals surface area contributed by atoms with E-state index in [1.165, 1.54) is 17.2 Å². The maximum absolute atomic E-state index is 12.0. The lowest BCUT2D eigenvalue weighted by Crippen LogP contribution is -2.34. The van der Waals surface area contributed by atoms with Crippen molar-refractivity contribution in [1.82, 2.24) is 20.4 Å². The first kappa shape index (κ1) is 19.9. The molecule has 0 radical (unpaired) electrons. The van der Waals surface area contributed by atoms with Gasteiger partial charge in [0.05, 0.1) is 12.2 Å². The summed E-state index contributed by atoms with van der Waals surface area (Å²) >= 11 is 0. The van der Waals surface area contributed by atoms with E-state index in [2.05, 4.69) is 46.9 Å². The van der Waals surface area contributed by atoms with E-state index in [9.17, 15) is 9.59 Å². The molecule has 0 saturated heterocycles. The van der Waals surface area contributed by atoms with Crippen molar-refractivity contribution < 1.29 is 9.59 Å². The van der Waals surface area contributed by atoms with Crippen LogP contribution in [0.15, 0.2) is 30.3 Å². The molecule has 1 aromatic carbocycles. The molecule has 1 aliphatic rings. The van der Waals surface area contributed by atoms with Gasteiger partial charge < -0.3 is 10.6 Å². The Labute approximate surface area is 166 Å². The van der Waals surface area contributed by atoms with E-state index in [0.29, 0.717) is 19.6 Å². The summed E-state index contributed by atoms with van der Waals surface area (Å²) in [6, 6.07) is 8.41. The quantitative estimate of drug-likeness (QED) is 0.546. The zero-order valence-corrected chi connectivity index (χ0v) is 16.8. The second kappa shape index (κ2) is 8.87. The van der Waals surface area contributed by atoms with Crippen LogP contribution in [0.4, 0.5) is 0 Å². The highest BCUT2D eigenvalue weighted by atomic mass is 16.2. The average Bonchev–Trinajstić information content (AvgIpc) is 3.48. The SMILES string of the molecule is Cc1ccc(Cn2nc(C)c(/C=C/C(=O)NCCNC(=O)C3CC3)c2C)cc1. The summed E-state index contributed by atoms with van der Waals surface area (Å²) in [4.78, 5) is 23.6. The number of amides is 2. The highest BCUT2D eigenvalue weighted by Gasteiger charge is 2.28. The van der Waals surface area contributed by atoms with Crippen LogP contribution < -0.4 is 10.6 Å². The van der Waals surface area contributed by atoms with Gasteiger partial charge in [0.15, 0.2) is 0 Å². The van der Waals surface area contributed by atoms with E-state index in [0.717, 1.165) is 29.8 Å². The second-order valence-electron chi connectivity index (χ2n) is 7.42. The predicted octanol–water partition coefficient (Wildman–Crippen LogP) is 2.51. The molecule has 148 valence electrons. The molecule has 1 saturated carbocycles. The standard InChI is InChI=1S/C22H28N4O2/c1-15-4-6-18(7-5-15)14-26-17(3)20(16(2)25-26)10-11-21(27)23-12-13-24-22(28)19-8-9-19/h4-7,10-11,19H,8-9,12-14H2,1-3H3,(H,23,27)(H,24,28)/b11-10+. The fraction of sp³-hybridized carbons (Fsp3) is 0.409. The number of hydrogen-bond donors (Lipinski definition) is 2. The maximum Gasteiger partial charge on any atom is 0.244 e. The van der Waals surface area contributed by atoms with Gasteiger partial charge in [0.2, 0.25) is 11.8 Å². The van der Waals surface area contributed by atoms with Crippen LogP contribution in [-0.4, -0.2) is 34.7 Å². The number of aromatic nitrogens is 2. The van der Waals surface area contributed by atoms with E-state index in [4.69, 9.17) is 0 Å². The fourth-order valence-corrected chi connectivity index (χ4v) is 3.05. The normalized spacial score (nSPS) is 13.7. The van der Waals surface area contributed by atoms with E-state index in [-0.39, 0.29) is 17.7 Å². The van der Waals surface area contributed by atoms with Crippen LogP contribution in [0.1, 0.15) is 40.9 Å². The van der Waals surface area contributed by atoms with Crippen molar-refractivity contribution in [3.63, 3.8) is 0 Å². The number of rotatable bonds is 8. The Bertz CT molecular complexity index is 877. The van der Waals surface area contributed by atoms with Crippen molar-refractivity contribution >= 4 is 17.9 Å². The van der Waals surface area contributed by atoms with Crippen molar-refractivity contribution in [2.75, 3.05) is 13.1 Å². The average molecular weight is 380 g/mol. The van der Waals surface area contributed by atoms with Crippen LogP contribution in [0, 0.1) is 26.7 Å². The molecule has 3 rings (SSSR count). The Balaban J connectivity index is 1.52. The van der Waals surface area contributed by atoms with Crippen molar-refractivity contribution in [2.45, 2.75) is 40.2 Å². The minimum Gasteiger partial charge on any atom is -0.354 e. The van der Waals surface area contributed by atoms with Crippen LogP contribution in [0.25, 0.3) is 6.08 Å². The Kier molecular flexibility index (Phi) is 6.29. The van der Waals surface area contributed by atoms with Crippen molar-refractivity contribution in [1.29, 1.82) is 0 Å². The number of carbonyl (C=O) groups is 2. The topological polar surface area (TPSA) is 76.0 Å². The van der Waals surface area contributed by atoms with Gasteiger partial charge in [-0.15, -0.1) is 0 Å². The van der Waals surface area contributed by atoms with Crippen LogP contribution in [0.5, 0.6) is 0 Å². The van der Waals surface area contributed by atoms with Gasteiger partial charge in [0, 0.05) is 36.3 Å². The summed E-state index contributed by atoms with van der Waals surface area (Å²) in [5.41, 5.74) is 5.31. The Morgan fingerprint density at radius 2 is 1.79 bits per heavy atom. The number of nitrogens with zero attached hydrogens (tertiary/aromatic N) is 2. The first-order chi connectivity index (χ1) is 13.4. The van der Waals surface area contributed by atoms with E-state index in [1.807, 2.05) is 18.5 Å². The lowest BCUT2D eigenvalue weighted by Gasteiger charge is -2.06. The summed E-state index contributed by atoms with van der Waals surface area (Å²) < 4.78 is 1.96. The van der Waals surface area contributed by atoms with Crippen molar-refractivity contribution in [3.05, 3.63) is 58.4 Å². The molecule has 0 unspecified atom stereocenters. The monoisotopic (exact) mass is 380 g/mol. The third kappa shape index (κ3) is 5.31. The summed E-state index contributed by atoms with van der Waals surface area (Å²) in [6.07, 6.45) is 5.30. The highest BCUT2D eigenvalue weighted by Crippen LogP contribution is 2.28. The maximum atomic E-state index is 12.0. The van der Waals surface area contributed by atoms with Crippen LogP contribution in [0.2, 0.25) is 0 Å². The molecule has 0 bridgehead atoms. The molecular formula is C22H28N4O2. The van der Waals surface area contributed by atoms with Crippen molar-refractivity contribution in [2.24, 2.45) is 5.92 Å².